The number of aliphatic hydroxyl groups is 1. The molecule has 0 unspecified atom stereocenters. The molecule has 3 N–H and O–H groups in total. The fraction of sp³-hybridized carbons (Fsp3) is 0.462. The van der Waals surface area contributed by atoms with Gasteiger partial charge in [-0.2, -0.15) is 8.42 Å². The molecule has 0 aliphatic carbocycles. The summed E-state index contributed by atoms with van der Waals surface area (Å²) in [4.78, 5) is 33.5. The van der Waals surface area contributed by atoms with Gasteiger partial charge in [0.2, 0.25) is 0 Å². The highest BCUT2D eigenvalue weighted by Crippen LogP contribution is 2.31. The van der Waals surface area contributed by atoms with Gasteiger partial charge in [-0.05, 0) is 39.0 Å². The first-order valence-electron chi connectivity index (χ1n) is 13.0. The SMILES string of the molecule is Cc1noc(C)c1NC(=O)N(C)C[C@H]1Oc2ccc(NS(=O)(=O)c3cn(C)cn3)cc2C(=O)N([C@@H](C)CO)C[C@@H]1C. The Morgan fingerprint density at radius 3 is 2.66 bits per heavy atom. The lowest BCUT2D eigenvalue weighted by Crippen LogP contribution is -2.50. The van der Waals surface area contributed by atoms with Crippen LogP contribution in [0.3, 0.4) is 0 Å². The standard InChI is InChI=1S/C26H35N7O7S/c1-15-10-33(16(2)13-34)25(35)20-9-19(30-41(37,38)23-12-31(5)14-27-23)7-8-21(20)39-22(15)11-32(6)26(36)28-24-17(3)29-40-18(24)4/h7-9,12,14-16,22,30,34H,10-11,13H2,1-6H3,(H,28,36)/t15-,16-,22+/m0/s1. The van der Waals surface area contributed by atoms with Crippen molar-refractivity contribution >= 4 is 33.3 Å². The van der Waals surface area contributed by atoms with Crippen molar-refractivity contribution in [3.8, 4) is 5.75 Å². The Balaban J connectivity index is 1.62. The lowest BCUT2D eigenvalue weighted by Gasteiger charge is -2.38. The number of rotatable bonds is 8. The predicted octanol–water partition coefficient (Wildman–Crippen LogP) is 2.21. The highest BCUT2D eigenvalue weighted by atomic mass is 32.2. The van der Waals surface area contributed by atoms with Gasteiger partial charge in [-0.15, -0.1) is 0 Å². The minimum atomic E-state index is -4.01. The quantitative estimate of drug-likeness (QED) is 0.356. The third kappa shape index (κ3) is 6.46. The van der Waals surface area contributed by atoms with Crippen molar-refractivity contribution in [1.29, 1.82) is 0 Å². The lowest BCUT2D eigenvalue weighted by atomic mass is 9.99. The number of urea groups is 1. The average molecular weight is 590 g/mol. The number of fused-ring (bicyclic) bond motifs is 1. The number of aliphatic hydroxyl groups excluding tert-OH is 1. The van der Waals surface area contributed by atoms with E-state index in [1.165, 1.54) is 45.1 Å². The number of aryl methyl sites for hydroxylation is 3. The van der Waals surface area contributed by atoms with Gasteiger partial charge >= 0.3 is 6.03 Å². The minimum Gasteiger partial charge on any atom is -0.487 e. The van der Waals surface area contributed by atoms with Crippen molar-refractivity contribution < 1.29 is 32.4 Å². The van der Waals surface area contributed by atoms with Crippen LogP contribution < -0.4 is 14.8 Å². The first kappa shape index (κ1) is 29.9. The molecule has 0 spiro atoms. The van der Waals surface area contributed by atoms with Crippen LogP contribution >= 0.6 is 0 Å². The zero-order valence-corrected chi connectivity index (χ0v) is 24.6. The van der Waals surface area contributed by atoms with E-state index in [2.05, 4.69) is 20.2 Å². The molecule has 15 heteroatoms. The van der Waals surface area contributed by atoms with E-state index >= 15 is 0 Å². The summed E-state index contributed by atoms with van der Waals surface area (Å²) in [6.45, 7) is 7.17. The Labute approximate surface area is 238 Å². The molecule has 0 bridgehead atoms. The predicted molar refractivity (Wildman–Crippen MR) is 149 cm³/mol. The van der Waals surface area contributed by atoms with E-state index < -0.39 is 34.1 Å². The molecule has 0 saturated heterocycles. The van der Waals surface area contributed by atoms with E-state index in [1.807, 2.05) is 6.92 Å². The van der Waals surface area contributed by atoms with Crippen molar-refractivity contribution in [3.05, 3.63) is 47.7 Å². The summed E-state index contributed by atoms with van der Waals surface area (Å²) in [6, 6.07) is 3.49. The molecule has 1 aliphatic heterocycles. The summed E-state index contributed by atoms with van der Waals surface area (Å²) < 4.78 is 41.1. The molecule has 2 aromatic heterocycles. The monoisotopic (exact) mass is 589 g/mol. The Hall–Kier alpha value is -4.11. The Morgan fingerprint density at radius 1 is 1.32 bits per heavy atom. The summed E-state index contributed by atoms with van der Waals surface area (Å²) in [5.41, 5.74) is 1.30. The number of imidazole rings is 1. The Kier molecular flexibility index (Phi) is 8.58. The maximum absolute atomic E-state index is 13.7. The summed E-state index contributed by atoms with van der Waals surface area (Å²) in [5, 5.41) is 16.4. The number of hydrogen-bond donors (Lipinski definition) is 3. The normalized spacial score (nSPS) is 18.1. The van der Waals surface area contributed by atoms with Crippen LogP contribution in [0.25, 0.3) is 0 Å². The number of carbonyl (C=O) groups is 2. The Morgan fingerprint density at radius 2 is 2.05 bits per heavy atom. The zero-order chi connectivity index (χ0) is 30.1. The molecule has 1 aromatic carbocycles. The largest absolute Gasteiger partial charge is 0.487 e. The van der Waals surface area contributed by atoms with Crippen LogP contribution in [0.1, 0.15) is 35.7 Å². The van der Waals surface area contributed by atoms with Crippen molar-refractivity contribution in [2.75, 3.05) is 36.8 Å². The number of sulfonamides is 1. The molecule has 1 aliphatic rings. The number of amides is 3. The second-order valence-electron chi connectivity index (χ2n) is 10.3. The van der Waals surface area contributed by atoms with Crippen molar-refractivity contribution in [3.63, 3.8) is 0 Å². The minimum absolute atomic E-state index is 0.117. The molecule has 3 atom stereocenters. The van der Waals surface area contributed by atoms with Crippen molar-refractivity contribution in [2.45, 2.75) is 44.9 Å². The number of nitrogens with one attached hydrogen (secondary N) is 2. The molecule has 3 amide bonds. The number of hydrogen-bond acceptors (Lipinski definition) is 9. The second kappa shape index (κ2) is 11.8. The number of aromatic nitrogens is 3. The van der Waals surface area contributed by atoms with E-state index in [9.17, 15) is 23.1 Å². The van der Waals surface area contributed by atoms with Crippen molar-refractivity contribution in [2.24, 2.45) is 13.0 Å². The number of anilines is 2. The third-order valence-corrected chi connectivity index (χ3v) is 8.21. The lowest BCUT2D eigenvalue weighted by molar-refractivity contribution is 0.0371. The van der Waals surface area contributed by atoms with E-state index in [4.69, 9.17) is 9.26 Å². The molecule has 3 heterocycles. The maximum atomic E-state index is 13.7. The van der Waals surface area contributed by atoms with Crippen LogP contribution in [-0.4, -0.2) is 88.9 Å². The van der Waals surface area contributed by atoms with Gasteiger partial charge in [-0.3, -0.25) is 9.52 Å². The van der Waals surface area contributed by atoms with Gasteiger partial charge in [0.25, 0.3) is 15.9 Å². The fourth-order valence-corrected chi connectivity index (χ4v) is 5.49. The van der Waals surface area contributed by atoms with Crippen LogP contribution in [0.15, 0.2) is 40.3 Å². The number of benzene rings is 1. The van der Waals surface area contributed by atoms with Crippen LogP contribution in [0.5, 0.6) is 5.75 Å². The Bertz CT molecular complexity index is 1510. The number of carbonyl (C=O) groups excluding carboxylic acids is 2. The van der Waals surface area contributed by atoms with Gasteiger partial charge in [0, 0.05) is 38.4 Å². The smallest absolute Gasteiger partial charge is 0.321 e. The highest BCUT2D eigenvalue weighted by molar-refractivity contribution is 7.92. The summed E-state index contributed by atoms with van der Waals surface area (Å²) in [6.07, 6.45) is 2.18. The zero-order valence-electron chi connectivity index (χ0n) is 23.8. The molecule has 4 rings (SSSR count). The van der Waals surface area contributed by atoms with E-state index in [1.54, 1.807) is 34.9 Å². The van der Waals surface area contributed by atoms with Crippen LogP contribution in [0.2, 0.25) is 0 Å². The van der Waals surface area contributed by atoms with Crippen LogP contribution in [0, 0.1) is 19.8 Å². The van der Waals surface area contributed by atoms with Gasteiger partial charge in [-0.1, -0.05) is 12.1 Å². The molecule has 0 radical (unpaired) electrons. The molecule has 0 fully saturated rings. The third-order valence-electron chi connectivity index (χ3n) is 6.94. The maximum Gasteiger partial charge on any atom is 0.321 e. The van der Waals surface area contributed by atoms with Gasteiger partial charge in [-0.25, -0.2) is 9.78 Å². The first-order valence-corrected chi connectivity index (χ1v) is 14.5. The van der Waals surface area contributed by atoms with Crippen LogP contribution in [-0.2, 0) is 17.1 Å². The topological polar surface area (TPSA) is 172 Å². The van der Waals surface area contributed by atoms with Gasteiger partial charge in [0.15, 0.2) is 10.8 Å². The molecule has 14 nitrogen and oxygen atoms in total. The molecule has 3 aromatic rings. The van der Waals surface area contributed by atoms with Crippen LogP contribution in [0.4, 0.5) is 16.2 Å². The van der Waals surface area contributed by atoms with Crippen molar-refractivity contribution in [1.82, 2.24) is 24.5 Å². The average Bonchev–Trinajstić information content (AvgIpc) is 3.51. The second-order valence-corrected chi connectivity index (χ2v) is 12.0. The summed E-state index contributed by atoms with van der Waals surface area (Å²) in [5.74, 6) is 0.0466. The van der Waals surface area contributed by atoms with Gasteiger partial charge in [0.05, 0.1) is 31.1 Å². The van der Waals surface area contributed by atoms with E-state index in [-0.39, 0.29) is 47.6 Å². The molecule has 222 valence electrons. The highest BCUT2D eigenvalue weighted by Gasteiger charge is 2.34. The number of nitrogens with zero attached hydrogens (tertiary/aromatic N) is 5. The molecule has 0 saturated carbocycles. The number of likely N-dealkylation sites (N-methyl/N-ethyl adjacent to an activating group) is 1. The molecular formula is C26H35N7O7S. The van der Waals surface area contributed by atoms with E-state index in [0.717, 1.165) is 0 Å². The van der Waals surface area contributed by atoms with E-state index in [0.29, 0.717) is 17.1 Å². The summed E-state index contributed by atoms with van der Waals surface area (Å²) >= 11 is 0. The van der Waals surface area contributed by atoms with Gasteiger partial charge in [0.1, 0.15) is 23.2 Å². The molecular weight excluding hydrogens is 554 g/mol. The summed E-state index contributed by atoms with van der Waals surface area (Å²) in [7, 11) is -0.735. The first-order chi connectivity index (χ1) is 19.3. The fourth-order valence-electron chi connectivity index (χ4n) is 4.46. The molecule has 41 heavy (non-hydrogen) atoms. The van der Waals surface area contributed by atoms with Gasteiger partial charge < -0.3 is 34.1 Å². The number of ether oxygens (including phenoxy) is 1.